The van der Waals surface area contributed by atoms with Crippen LogP contribution in [0.25, 0.3) is 0 Å². The summed E-state index contributed by atoms with van der Waals surface area (Å²) in [7, 11) is 0. The van der Waals surface area contributed by atoms with Crippen LogP contribution < -0.4 is 5.32 Å². The summed E-state index contributed by atoms with van der Waals surface area (Å²) in [6, 6.07) is 0. The van der Waals surface area contributed by atoms with Gasteiger partial charge in [-0.3, -0.25) is 0 Å². The summed E-state index contributed by atoms with van der Waals surface area (Å²) in [6.45, 7) is 8.85. The molecule has 0 aromatic carbocycles. The second-order valence-electron chi connectivity index (χ2n) is 6.03. The Balaban J connectivity index is 2.44. The number of hydrogen-bond acceptors (Lipinski definition) is 3. The first kappa shape index (κ1) is 15.3. The molecular weight excluding hydrogens is 230 g/mol. The van der Waals surface area contributed by atoms with E-state index < -0.39 is 5.60 Å². The first-order valence-corrected chi connectivity index (χ1v) is 6.98. The molecule has 0 unspecified atom stereocenters. The minimum absolute atomic E-state index is 0.177. The molecule has 0 aromatic rings. The van der Waals surface area contributed by atoms with Crippen molar-refractivity contribution in [1.82, 2.24) is 5.32 Å². The number of hydrogen-bond donors (Lipinski definition) is 1. The van der Waals surface area contributed by atoms with Gasteiger partial charge in [-0.05, 0) is 40.5 Å². The van der Waals surface area contributed by atoms with Gasteiger partial charge in [0.1, 0.15) is 5.60 Å². The summed E-state index contributed by atoms with van der Waals surface area (Å²) < 4.78 is 11.1. The van der Waals surface area contributed by atoms with Gasteiger partial charge in [0, 0.05) is 13.2 Å². The lowest BCUT2D eigenvalue weighted by atomic mass is 9.84. The van der Waals surface area contributed by atoms with Crippen molar-refractivity contribution in [1.29, 1.82) is 0 Å². The van der Waals surface area contributed by atoms with Gasteiger partial charge in [0.05, 0.1) is 5.60 Å². The highest BCUT2D eigenvalue weighted by Crippen LogP contribution is 2.31. The maximum atomic E-state index is 11.7. The lowest BCUT2D eigenvalue weighted by Crippen LogP contribution is -2.47. The number of alkyl carbamates (subject to hydrolysis) is 1. The molecule has 0 aromatic heterocycles. The SMILES string of the molecule is CCOC1(CNC(=O)OC(C)(C)C)CCCCC1. The predicted octanol–water partition coefficient (Wildman–Crippen LogP) is 3.25. The molecule has 0 bridgehead atoms. The van der Waals surface area contributed by atoms with E-state index in [9.17, 15) is 4.79 Å². The van der Waals surface area contributed by atoms with Crippen molar-refractivity contribution in [3.63, 3.8) is 0 Å². The Labute approximate surface area is 110 Å². The first-order valence-electron chi connectivity index (χ1n) is 6.98. The van der Waals surface area contributed by atoms with E-state index >= 15 is 0 Å². The number of nitrogens with one attached hydrogen (secondary N) is 1. The molecule has 0 spiro atoms. The van der Waals surface area contributed by atoms with Crippen molar-refractivity contribution in [3.8, 4) is 0 Å². The van der Waals surface area contributed by atoms with Crippen LogP contribution in [0.5, 0.6) is 0 Å². The van der Waals surface area contributed by atoms with Gasteiger partial charge in [0.2, 0.25) is 0 Å². The Morgan fingerprint density at radius 2 is 1.83 bits per heavy atom. The van der Waals surface area contributed by atoms with Crippen LogP contribution in [-0.4, -0.2) is 30.4 Å². The van der Waals surface area contributed by atoms with Crippen molar-refractivity contribution in [2.45, 2.75) is 71.0 Å². The molecule has 1 aliphatic carbocycles. The molecule has 1 saturated carbocycles. The van der Waals surface area contributed by atoms with E-state index in [1.807, 2.05) is 27.7 Å². The Morgan fingerprint density at radius 3 is 2.33 bits per heavy atom. The third-order valence-corrected chi connectivity index (χ3v) is 3.17. The molecule has 106 valence electrons. The van der Waals surface area contributed by atoms with Crippen molar-refractivity contribution in [2.24, 2.45) is 0 Å². The van der Waals surface area contributed by atoms with E-state index in [4.69, 9.17) is 9.47 Å². The lowest BCUT2D eigenvalue weighted by Gasteiger charge is -2.37. The van der Waals surface area contributed by atoms with Crippen LogP contribution in [0, 0.1) is 0 Å². The normalized spacial score (nSPS) is 19.3. The van der Waals surface area contributed by atoms with Crippen LogP contribution in [-0.2, 0) is 9.47 Å². The summed E-state index contributed by atoms with van der Waals surface area (Å²) in [5, 5.41) is 2.85. The zero-order chi connectivity index (χ0) is 13.6. The van der Waals surface area contributed by atoms with Crippen LogP contribution in [0.3, 0.4) is 0 Å². The van der Waals surface area contributed by atoms with Crippen molar-refractivity contribution < 1.29 is 14.3 Å². The molecule has 1 rings (SSSR count). The average Bonchev–Trinajstić information content (AvgIpc) is 2.26. The van der Waals surface area contributed by atoms with Gasteiger partial charge in [0.15, 0.2) is 0 Å². The van der Waals surface area contributed by atoms with E-state index in [1.165, 1.54) is 19.3 Å². The third-order valence-electron chi connectivity index (χ3n) is 3.17. The van der Waals surface area contributed by atoms with Gasteiger partial charge in [-0.15, -0.1) is 0 Å². The molecule has 0 heterocycles. The maximum absolute atomic E-state index is 11.7. The molecule has 0 radical (unpaired) electrons. The number of ether oxygens (including phenoxy) is 2. The predicted molar refractivity (Wildman–Crippen MR) is 71.7 cm³/mol. The highest BCUT2D eigenvalue weighted by Gasteiger charge is 2.33. The fourth-order valence-electron chi connectivity index (χ4n) is 2.42. The Kier molecular flexibility index (Phi) is 5.45. The van der Waals surface area contributed by atoms with E-state index in [2.05, 4.69) is 5.32 Å². The van der Waals surface area contributed by atoms with Crippen LogP contribution in [0.4, 0.5) is 4.79 Å². The molecule has 0 atom stereocenters. The molecule has 0 aliphatic heterocycles. The number of rotatable bonds is 4. The summed E-state index contributed by atoms with van der Waals surface area (Å²) in [5.41, 5.74) is -0.626. The van der Waals surface area contributed by atoms with Gasteiger partial charge in [0.25, 0.3) is 0 Å². The summed E-state index contributed by atoms with van der Waals surface area (Å²) in [4.78, 5) is 11.7. The molecule has 4 heteroatoms. The Bertz CT molecular complexity index is 259. The first-order chi connectivity index (χ1) is 8.37. The fraction of sp³-hybridized carbons (Fsp3) is 0.929. The minimum Gasteiger partial charge on any atom is -0.444 e. The largest absolute Gasteiger partial charge is 0.444 e. The van der Waals surface area contributed by atoms with Crippen molar-refractivity contribution >= 4 is 6.09 Å². The monoisotopic (exact) mass is 257 g/mol. The summed E-state index contributed by atoms with van der Waals surface area (Å²) in [5.74, 6) is 0. The van der Waals surface area contributed by atoms with Crippen molar-refractivity contribution in [2.75, 3.05) is 13.2 Å². The van der Waals surface area contributed by atoms with Gasteiger partial charge in [-0.2, -0.15) is 0 Å². The number of carbonyl (C=O) groups excluding carboxylic acids is 1. The van der Waals surface area contributed by atoms with Crippen LogP contribution >= 0.6 is 0 Å². The van der Waals surface area contributed by atoms with Gasteiger partial charge in [-0.25, -0.2) is 4.79 Å². The summed E-state index contributed by atoms with van der Waals surface area (Å²) in [6.07, 6.45) is 5.31. The minimum atomic E-state index is -0.449. The quantitative estimate of drug-likeness (QED) is 0.841. The maximum Gasteiger partial charge on any atom is 0.407 e. The highest BCUT2D eigenvalue weighted by molar-refractivity contribution is 5.67. The fourth-order valence-corrected chi connectivity index (χ4v) is 2.42. The highest BCUT2D eigenvalue weighted by atomic mass is 16.6. The van der Waals surface area contributed by atoms with Gasteiger partial charge >= 0.3 is 6.09 Å². The zero-order valence-electron chi connectivity index (χ0n) is 12.2. The van der Waals surface area contributed by atoms with Crippen LogP contribution in [0.2, 0.25) is 0 Å². The Morgan fingerprint density at radius 1 is 1.22 bits per heavy atom. The Hall–Kier alpha value is -0.770. The second kappa shape index (κ2) is 6.41. The molecule has 0 saturated heterocycles. The van der Waals surface area contributed by atoms with E-state index in [0.29, 0.717) is 13.2 Å². The molecule has 1 fully saturated rings. The molecular formula is C14H27NO3. The van der Waals surface area contributed by atoms with E-state index in [0.717, 1.165) is 12.8 Å². The zero-order valence-corrected chi connectivity index (χ0v) is 12.2. The van der Waals surface area contributed by atoms with Gasteiger partial charge < -0.3 is 14.8 Å². The van der Waals surface area contributed by atoms with Crippen molar-refractivity contribution in [3.05, 3.63) is 0 Å². The molecule has 1 amide bonds. The standard InChI is InChI=1S/C14H27NO3/c1-5-17-14(9-7-6-8-10-14)11-15-12(16)18-13(2,3)4/h5-11H2,1-4H3,(H,15,16). The number of carbonyl (C=O) groups is 1. The van der Waals surface area contributed by atoms with Crippen LogP contribution in [0.15, 0.2) is 0 Å². The topological polar surface area (TPSA) is 47.6 Å². The molecule has 18 heavy (non-hydrogen) atoms. The second-order valence-corrected chi connectivity index (χ2v) is 6.03. The molecule has 1 aliphatic rings. The molecule has 1 N–H and O–H groups in total. The number of amides is 1. The smallest absolute Gasteiger partial charge is 0.407 e. The van der Waals surface area contributed by atoms with E-state index in [1.54, 1.807) is 0 Å². The van der Waals surface area contributed by atoms with Crippen LogP contribution in [0.1, 0.15) is 59.8 Å². The molecule has 4 nitrogen and oxygen atoms in total. The summed E-state index contributed by atoms with van der Waals surface area (Å²) >= 11 is 0. The average molecular weight is 257 g/mol. The third kappa shape index (κ3) is 5.25. The lowest BCUT2D eigenvalue weighted by molar-refractivity contribution is -0.0635. The van der Waals surface area contributed by atoms with E-state index in [-0.39, 0.29) is 11.7 Å². The van der Waals surface area contributed by atoms with Gasteiger partial charge in [-0.1, -0.05) is 19.3 Å².